The fraction of sp³-hybridized carbons (Fsp3) is 1.00. The topological polar surface area (TPSA) is 20.2 Å². The third-order valence-corrected chi connectivity index (χ3v) is 3.46. The Labute approximate surface area is 89.9 Å². The molecule has 0 aliphatic heterocycles. The van der Waals surface area contributed by atoms with Crippen LogP contribution in [0.4, 0.5) is 0 Å². The van der Waals surface area contributed by atoms with E-state index in [0.29, 0.717) is 11.8 Å². The standard InChI is InChI=1S/C13H28O/c1-7-11(9-10(3)4)12(14)13(5,6)8-2/h10-12,14H,7-9H2,1-6H3. The van der Waals surface area contributed by atoms with Crippen molar-refractivity contribution in [2.45, 2.75) is 66.9 Å². The monoisotopic (exact) mass is 200 g/mol. The highest BCUT2D eigenvalue weighted by Gasteiger charge is 2.31. The summed E-state index contributed by atoms with van der Waals surface area (Å²) in [5.41, 5.74) is 0.0650. The van der Waals surface area contributed by atoms with Crippen LogP contribution in [0.3, 0.4) is 0 Å². The van der Waals surface area contributed by atoms with E-state index in [1.807, 2.05) is 0 Å². The Kier molecular flexibility index (Phi) is 5.73. The average Bonchev–Trinajstić information content (AvgIpc) is 2.12. The van der Waals surface area contributed by atoms with Crippen LogP contribution in [0.5, 0.6) is 0 Å². The second-order valence-corrected chi connectivity index (χ2v) is 5.58. The minimum Gasteiger partial charge on any atom is -0.392 e. The highest BCUT2D eigenvalue weighted by atomic mass is 16.3. The van der Waals surface area contributed by atoms with Gasteiger partial charge in [-0.3, -0.25) is 0 Å². The van der Waals surface area contributed by atoms with Crippen molar-refractivity contribution in [3.05, 3.63) is 0 Å². The summed E-state index contributed by atoms with van der Waals surface area (Å²) in [5.74, 6) is 1.15. The van der Waals surface area contributed by atoms with Crippen molar-refractivity contribution in [3.63, 3.8) is 0 Å². The van der Waals surface area contributed by atoms with E-state index in [0.717, 1.165) is 19.3 Å². The molecule has 2 unspecified atom stereocenters. The van der Waals surface area contributed by atoms with E-state index in [9.17, 15) is 5.11 Å². The van der Waals surface area contributed by atoms with Crippen LogP contribution in [0.15, 0.2) is 0 Å². The van der Waals surface area contributed by atoms with Crippen molar-refractivity contribution in [2.24, 2.45) is 17.3 Å². The molecule has 0 bridgehead atoms. The molecule has 86 valence electrons. The number of aliphatic hydroxyl groups is 1. The molecule has 0 aromatic rings. The van der Waals surface area contributed by atoms with Gasteiger partial charge >= 0.3 is 0 Å². The summed E-state index contributed by atoms with van der Waals surface area (Å²) in [6.45, 7) is 13.1. The molecule has 0 aliphatic carbocycles. The molecule has 0 spiro atoms. The fourth-order valence-electron chi connectivity index (χ4n) is 1.97. The quantitative estimate of drug-likeness (QED) is 0.690. The molecule has 0 aromatic heterocycles. The molecular formula is C13H28O. The van der Waals surface area contributed by atoms with E-state index in [-0.39, 0.29) is 11.5 Å². The van der Waals surface area contributed by atoms with Gasteiger partial charge in [-0.2, -0.15) is 0 Å². The summed E-state index contributed by atoms with van der Waals surface area (Å²) in [5, 5.41) is 10.3. The predicted molar refractivity (Wildman–Crippen MR) is 63.3 cm³/mol. The van der Waals surface area contributed by atoms with E-state index in [2.05, 4.69) is 41.5 Å². The van der Waals surface area contributed by atoms with Crippen LogP contribution in [-0.4, -0.2) is 11.2 Å². The molecule has 14 heavy (non-hydrogen) atoms. The van der Waals surface area contributed by atoms with Crippen LogP contribution < -0.4 is 0 Å². The Morgan fingerprint density at radius 2 is 1.64 bits per heavy atom. The molecule has 0 rings (SSSR count). The lowest BCUT2D eigenvalue weighted by atomic mass is 9.74. The summed E-state index contributed by atoms with van der Waals surface area (Å²) < 4.78 is 0. The maximum atomic E-state index is 10.3. The van der Waals surface area contributed by atoms with Crippen LogP contribution in [-0.2, 0) is 0 Å². The second kappa shape index (κ2) is 5.75. The average molecular weight is 200 g/mol. The van der Waals surface area contributed by atoms with Gasteiger partial charge in [-0.15, -0.1) is 0 Å². The van der Waals surface area contributed by atoms with Gasteiger partial charge in [0.25, 0.3) is 0 Å². The molecule has 0 amide bonds. The van der Waals surface area contributed by atoms with E-state index in [1.54, 1.807) is 0 Å². The van der Waals surface area contributed by atoms with Crippen molar-refractivity contribution in [1.29, 1.82) is 0 Å². The van der Waals surface area contributed by atoms with E-state index in [4.69, 9.17) is 0 Å². The Morgan fingerprint density at radius 1 is 1.14 bits per heavy atom. The minimum absolute atomic E-state index is 0.0650. The first kappa shape index (κ1) is 14.0. The lowest BCUT2D eigenvalue weighted by Crippen LogP contribution is -2.36. The lowest BCUT2D eigenvalue weighted by molar-refractivity contribution is -0.00937. The molecule has 2 atom stereocenters. The molecule has 0 saturated heterocycles. The minimum atomic E-state index is -0.153. The van der Waals surface area contributed by atoms with Crippen molar-refractivity contribution in [2.75, 3.05) is 0 Å². The zero-order valence-corrected chi connectivity index (χ0v) is 10.8. The van der Waals surface area contributed by atoms with Crippen molar-refractivity contribution >= 4 is 0 Å². The molecule has 0 radical (unpaired) electrons. The molecule has 0 aromatic carbocycles. The van der Waals surface area contributed by atoms with Gasteiger partial charge in [-0.25, -0.2) is 0 Å². The maximum absolute atomic E-state index is 10.3. The number of hydrogen-bond donors (Lipinski definition) is 1. The van der Waals surface area contributed by atoms with Gasteiger partial charge in [0, 0.05) is 0 Å². The normalized spacial score (nSPS) is 17.1. The van der Waals surface area contributed by atoms with Crippen LogP contribution in [0.25, 0.3) is 0 Å². The summed E-state index contributed by atoms with van der Waals surface area (Å²) in [4.78, 5) is 0. The molecule has 0 saturated carbocycles. The van der Waals surface area contributed by atoms with Gasteiger partial charge in [-0.05, 0) is 30.1 Å². The van der Waals surface area contributed by atoms with Gasteiger partial charge < -0.3 is 5.11 Å². The van der Waals surface area contributed by atoms with Gasteiger partial charge in [-0.1, -0.05) is 48.0 Å². The van der Waals surface area contributed by atoms with Crippen LogP contribution in [0, 0.1) is 17.3 Å². The molecule has 0 fully saturated rings. The smallest absolute Gasteiger partial charge is 0.0619 e. The third kappa shape index (κ3) is 4.00. The third-order valence-electron chi connectivity index (χ3n) is 3.46. The largest absolute Gasteiger partial charge is 0.392 e. The number of hydrogen-bond acceptors (Lipinski definition) is 1. The van der Waals surface area contributed by atoms with Crippen LogP contribution >= 0.6 is 0 Å². The summed E-state index contributed by atoms with van der Waals surface area (Å²) in [7, 11) is 0. The molecule has 1 N–H and O–H groups in total. The zero-order valence-electron chi connectivity index (χ0n) is 10.8. The van der Waals surface area contributed by atoms with Crippen LogP contribution in [0.2, 0.25) is 0 Å². The second-order valence-electron chi connectivity index (χ2n) is 5.58. The molecule has 0 aliphatic rings. The highest BCUT2D eigenvalue weighted by Crippen LogP contribution is 2.33. The van der Waals surface area contributed by atoms with Crippen molar-refractivity contribution < 1.29 is 5.11 Å². The first-order valence-electron chi connectivity index (χ1n) is 6.03. The molecular weight excluding hydrogens is 172 g/mol. The Hall–Kier alpha value is -0.0400. The lowest BCUT2D eigenvalue weighted by Gasteiger charge is -2.35. The molecule has 1 nitrogen and oxygen atoms in total. The Balaban J connectivity index is 4.37. The summed E-state index contributed by atoms with van der Waals surface area (Å²) >= 11 is 0. The van der Waals surface area contributed by atoms with Gasteiger partial charge in [0.1, 0.15) is 0 Å². The van der Waals surface area contributed by atoms with Gasteiger partial charge in [0.05, 0.1) is 6.10 Å². The predicted octanol–water partition coefficient (Wildman–Crippen LogP) is 3.86. The Morgan fingerprint density at radius 3 is 1.93 bits per heavy atom. The highest BCUT2D eigenvalue weighted by molar-refractivity contribution is 4.82. The van der Waals surface area contributed by atoms with Crippen molar-refractivity contribution in [1.82, 2.24) is 0 Å². The summed E-state index contributed by atoms with van der Waals surface area (Å²) in [6.07, 6.45) is 3.12. The van der Waals surface area contributed by atoms with E-state index < -0.39 is 0 Å². The maximum Gasteiger partial charge on any atom is 0.0619 e. The SMILES string of the molecule is CCC(CC(C)C)C(O)C(C)(C)CC. The molecule has 0 heterocycles. The summed E-state index contributed by atoms with van der Waals surface area (Å²) in [6, 6.07) is 0. The number of aliphatic hydroxyl groups excluding tert-OH is 1. The van der Waals surface area contributed by atoms with E-state index in [1.165, 1.54) is 0 Å². The number of rotatable bonds is 6. The Bertz CT molecular complexity index is 149. The molecule has 1 heteroatoms. The van der Waals surface area contributed by atoms with Gasteiger partial charge in [0.2, 0.25) is 0 Å². The van der Waals surface area contributed by atoms with Crippen LogP contribution in [0.1, 0.15) is 60.8 Å². The first-order chi connectivity index (χ1) is 6.35. The first-order valence-corrected chi connectivity index (χ1v) is 6.03. The fourth-order valence-corrected chi connectivity index (χ4v) is 1.97. The van der Waals surface area contributed by atoms with E-state index >= 15 is 0 Å². The zero-order chi connectivity index (χ0) is 11.4. The van der Waals surface area contributed by atoms with Crippen molar-refractivity contribution in [3.8, 4) is 0 Å². The van der Waals surface area contributed by atoms with Gasteiger partial charge in [0.15, 0.2) is 0 Å².